The topological polar surface area (TPSA) is 76.5 Å². The molecule has 1 aliphatic heterocycles. The van der Waals surface area contributed by atoms with Crippen LogP contribution in [0.4, 0.5) is 0 Å². The van der Waals surface area contributed by atoms with E-state index < -0.39 is 11.9 Å². The number of ether oxygens (including phenoxy) is 3. The molecule has 1 aliphatic rings. The van der Waals surface area contributed by atoms with Gasteiger partial charge in [0.05, 0.1) is 13.2 Å². The fourth-order valence-corrected chi connectivity index (χ4v) is 1.78. The summed E-state index contributed by atoms with van der Waals surface area (Å²) in [6.07, 6.45) is 1.07. The van der Waals surface area contributed by atoms with E-state index in [4.69, 9.17) is 19.7 Å². The summed E-state index contributed by atoms with van der Waals surface area (Å²) in [6, 6.07) is 9.77. The van der Waals surface area contributed by atoms with Crippen LogP contribution in [-0.4, -0.2) is 18.4 Å². The van der Waals surface area contributed by atoms with Gasteiger partial charge in [0, 0.05) is 18.8 Å². The molecule has 1 aromatic carbocycles. The second-order valence-electron chi connectivity index (χ2n) is 4.84. The summed E-state index contributed by atoms with van der Waals surface area (Å²) in [5, 5.41) is 3.56. The van der Waals surface area contributed by atoms with E-state index in [2.05, 4.69) is 10.0 Å². The van der Waals surface area contributed by atoms with E-state index in [0.29, 0.717) is 12.4 Å². The largest absolute Gasteiger partial charge is 0.457 e. The van der Waals surface area contributed by atoms with E-state index in [9.17, 15) is 0 Å². The Morgan fingerprint density at radius 2 is 2.10 bits per heavy atom. The highest BCUT2D eigenvalue weighted by molar-refractivity contribution is 5.14. The molecule has 0 saturated heterocycles. The summed E-state index contributed by atoms with van der Waals surface area (Å²) in [5.41, 5.74) is 9.50. The van der Waals surface area contributed by atoms with Gasteiger partial charge in [0.2, 0.25) is 5.79 Å². The van der Waals surface area contributed by atoms with Gasteiger partial charge in [-0.1, -0.05) is 35.4 Å². The lowest BCUT2D eigenvalue weighted by Gasteiger charge is -2.21. The summed E-state index contributed by atoms with van der Waals surface area (Å²) in [4.78, 5) is 2.76. The van der Waals surface area contributed by atoms with Crippen LogP contribution in [0.2, 0.25) is 0 Å². The Kier molecular flexibility index (Phi) is 4.50. The standard InChI is InChI=1S/C14H17N3O3/c1-14(2)19-10-13(20-14)12(8-16-17-15)18-9-11-6-4-3-5-7-11/h3-7,10,12H,8-9H2,1-2H3/t12-/m1/s1. The summed E-state index contributed by atoms with van der Waals surface area (Å²) < 4.78 is 16.8. The molecule has 1 heterocycles. The molecule has 0 aromatic heterocycles. The molecule has 0 bridgehead atoms. The molecule has 0 fully saturated rings. The third kappa shape index (κ3) is 3.91. The summed E-state index contributed by atoms with van der Waals surface area (Å²) in [7, 11) is 0. The Bertz CT molecular complexity index is 522. The lowest BCUT2D eigenvalue weighted by molar-refractivity contribution is -0.128. The maximum Gasteiger partial charge on any atom is 0.244 e. The third-order valence-corrected chi connectivity index (χ3v) is 2.74. The van der Waals surface area contributed by atoms with Crippen LogP contribution in [0.15, 0.2) is 47.5 Å². The van der Waals surface area contributed by atoms with E-state index in [1.54, 1.807) is 13.8 Å². The molecule has 2 rings (SSSR count). The van der Waals surface area contributed by atoms with Crippen LogP contribution >= 0.6 is 0 Å². The van der Waals surface area contributed by atoms with Gasteiger partial charge in [-0.05, 0) is 11.1 Å². The predicted molar refractivity (Wildman–Crippen MR) is 73.4 cm³/mol. The summed E-state index contributed by atoms with van der Waals surface area (Å²) in [5.74, 6) is -0.168. The molecule has 0 unspecified atom stereocenters. The first-order chi connectivity index (χ1) is 9.61. The lowest BCUT2D eigenvalue weighted by atomic mass is 10.2. The molecule has 1 aromatic rings. The predicted octanol–water partition coefficient (Wildman–Crippen LogP) is 3.51. The zero-order chi connectivity index (χ0) is 14.4. The van der Waals surface area contributed by atoms with Crippen molar-refractivity contribution in [2.75, 3.05) is 6.54 Å². The third-order valence-electron chi connectivity index (χ3n) is 2.74. The van der Waals surface area contributed by atoms with Crippen molar-refractivity contribution >= 4 is 0 Å². The van der Waals surface area contributed by atoms with Crippen molar-refractivity contribution in [3.05, 3.63) is 58.4 Å². The van der Waals surface area contributed by atoms with Crippen molar-refractivity contribution in [2.24, 2.45) is 5.11 Å². The molecule has 0 N–H and O–H groups in total. The quantitative estimate of drug-likeness (QED) is 0.453. The van der Waals surface area contributed by atoms with Crippen LogP contribution in [0.1, 0.15) is 19.4 Å². The van der Waals surface area contributed by atoms with Crippen LogP contribution in [-0.2, 0) is 20.8 Å². The van der Waals surface area contributed by atoms with Crippen LogP contribution in [0.3, 0.4) is 0 Å². The molecule has 20 heavy (non-hydrogen) atoms. The Hall–Kier alpha value is -2.17. The molecular formula is C14H17N3O3. The van der Waals surface area contributed by atoms with Crippen molar-refractivity contribution in [3.8, 4) is 0 Å². The Morgan fingerprint density at radius 3 is 2.70 bits per heavy atom. The molecule has 0 aliphatic carbocycles. The summed E-state index contributed by atoms with van der Waals surface area (Å²) >= 11 is 0. The van der Waals surface area contributed by atoms with Gasteiger partial charge in [0.25, 0.3) is 0 Å². The Morgan fingerprint density at radius 1 is 1.35 bits per heavy atom. The molecule has 1 atom stereocenters. The molecule has 6 nitrogen and oxygen atoms in total. The number of azide groups is 1. The monoisotopic (exact) mass is 275 g/mol. The Labute approximate surface area is 117 Å². The zero-order valence-corrected chi connectivity index (χ0v) is 11.5. The van der Waals surface area contributed by atoms with E-state index in [0.717, 1.165) is 5.56 Å². The highest BCUT2D eigenvalue weighted by atomic mass is 16.7. The van der Waals surface area contributed by atoms with E-state index in [1.165, 1.54) is 6.26 Å². The normalized spacial score (nSPS) is 17.4. The molecule has 106 valence electrons. The summed E-state index contributed by atoms with van der Waals surface area (Å²) in [6.45, 7) is 4.18. The van der Waals surface area contributed by atoms with Gasteiger partial charge in [0.1, 0.15) is 12.4 Å². The molecule has 0 saturated carbocycles. The van der Waals surface area contributed by atoms with Gasteiger partial charge in [0.15, 0.2) is 5.76 Å². The number of hydrogen-bond donors (Lipinski definition) is 0. The molecular weight excluding hydrogens is 258 g/mol. The second kappa shape index (κ2) is 6.32. The van der Waals surface area contributed by atoms with Gasteiger partial charge in [-0.15, -0.1) is 0 Å². The van der Waals surface area contributed by atoms with Gasteiger partial charge in [-0.2, -0.15) is 0 Å². The van der Waals surface area contributed by atoms with Crippen molar-refractivity contribution < 1.29 is 14.2 Å². The average molecular weight is 275 g/mol. The van der Waals surface area contributed by atoms with Crippen molar-refractivity contribution in [1.82, 2.24) is 0 Å². The number of nitrogens with zero attached hydrogens (tertiary/aromatic N) is 3. The first-order valence-electron chi connectivity index (χ1n) is 6.34. The van der Waals surface area contributed by atoms with Gasteiger partial charge < -0.3 is 14.2 Å². The van der Waals surface area contributed by atoms with E-state index in [1.807, 2.05) is 30.3 Å². The SMILES string of the molecule is CC1(C)OC=C([C@@H](CN=[N+]=[N-])OCc2ccccc2)O1. The van der Waals surface area contributed by atoms with Crippen molar-refractivity contribution in [1.29, 1.82) is 0 Å². The van der Waals surface area contributed by atoms with Gasteiger partial charge >= 0.3 is 0 Å². The van der Waals surface area contributed by atoms with E-state index >= 15 is 0 Å². The Balaban J connectivity index is 1.99. The number of rotatable bonds is 6. The van der Waals surface area contributed by atoms with Crippen LogP contribution < -0.4 is 0 Å². The minimum absolute atomic E-state index is 0.161. The van der Waals surface area contributed by atoms with Crippen molar-refractivity contribution in [3.63, 3.8) is 0 Å². The lowest BCUT2D eigenvalue weighted by Crippen LogP contribution is -2.25. The molecule has 0 amide bonds. The first kappa shape index (κ1) is 14.2. The minimum Gasteiger partial charge on any atom is -0.457 e. The highest BCUT2D eigenvalue weighted by Gasteiger charge is 2.32. The fourth-order valence-electron chi connectivity index (χ4n) is 1.78. The zero-order valence-electron chi connectivity index (χ0n) is 11.5. The maximum absolute atomic E-state index is 8.46. The molecule has 0 radical (unpaired) electrons. The van der Waals surface area contributed by atoms with E-state index in [-0.39, 0.29) is 6.54 Å². The highest BCUT2D eigenvalue weighted by Crippen LogP contribution is 2.28. The first-order valence-corrected chi connectivity index (χ1v) is 6.34. The van der Waals surface area contributed by atoms with Crippen LogP contribution in [0.5, 0.6) is 0 Å². The smallest absolute Gasteiger partial charge is 0.244 e. The average Bonchev–Trinajstić information content (AvgIpc) is 2.80. The molecule has 0 spiro atoms. The van der Waals surface area contributed by atoms with Crippen LogP contribution in [0, 0.1) is 0 Å². The number of hydrogen-bond acceptors (Lipinski definition) is 4. The van der Waals surface area contributed by atoms with Crippen LogP contribution in [0.25, 0.3) is 10.4 Å². The number of benzene rings is 1. The molecule has 6 heteroatoms. The van der Waals surface area contributed by atoms with Crippen molar-refractivity contribution in [2.45, 2.75) is 32.3 Å². The minimum atomic E-state index is -0.708. The fraction of sp³-hybridized carbons (Fsp3) is 0.429. The maximum atomic E-state index is 8.46. The second-order valence-corrected chi connectivity index (χ2v) is 4.84. The van der Waals surface area contributed by atoms with Gasteiger partial charge in [-0.3, -0.25) is 0 Å². The van der Waals surface area contributed by atoms with Gasteiger partial charge in [-0.25, -0.2) is 0 Å².